The Balaban J connectivity index is 2.00. The van der Waals surface area contributed by atoms with Crippen molar-refractivity contribution in [1.82, 2.24) is 0 Å². The van der Waals surface area contributed by atoms with Crippen molar-refractivity contribution < 1.29 is 9.47 Å². The van der Waals surface area contributed by atoms with Gasteiger partial charge in [0.05, 0.1) is 12.7 Å². The molecule has 1 fully saturated rings. The summed E-state index contributed by atoms with van der Waals surface area (Å²) >= 11 is 0. The van der Waals surface area contributed by atoms with E-state index in [2.05, 4.69) is 39.0 Å². The van der Waals surface area contributed by atoms with Crippen molar-refractivity contribution in [2.45, 2.75) is 65.1 Å². The third-order valence-electron chi connectivity index (χ3n) is 3.59. The first-order valence-electron chi connectivity index (χ1n) is 7.48. The van der Waals surface area contributed by atoms with Crippen LogP contribution in [0.15, 0.2) is 12.1 Å². The Morgan fingerprint density at radius 3 is 3.00 bits per heavy atom. The maximum atomic E-state index is 6.09. The Morgan fingerprint density at radius 1 is 1.42 bits per heavy atom. The van der Waals surface area contributed by atoms with Crippen molar-refractivity contribution in [3.8, 4) is 5.75 Å². The third-order valence-corrected chi connectivity index (χ3v) is 3.59. The number of hydrogen-bond donors (Lipinski definition) is 0. The van der Waals surface area contributed by atoms with Crippen molar-refractivity contribution in [3.05, 3.63) is 29.3 Å². The van der Waals surface area contributed by atoms with E-state index < -0.39 is 0 Å². The van der Waals surface area contributed by atoms with Crippen LogP contribution in [0, 0.1) is 13.0 Å². The molecule has 1 radical (unpaired) electrons. The Labute approximate surface area is 117 Å². The third kappa shape index (κ3) is 4.54. The van der Waals surface area contributed by atoms with Gasteiger partial charge in [0.2, 0.25) is 0 Å². The molecular formula is C17H25O2. The van der Waals surface area contributed by atoms with E-state index in [1.165, 1.54) is 24.0 Å². The Bertz CT molecular complexity index is 400. The number of aryl methyl sites for hydroxylation is 2. The van der Waals surface area contributed by atoms with Gasteiger partial charge in [-0.3, -0.25) is 0 Å². The van der Waals surface area contributed by atoms with Gasteiger partial charge in [-0.05, 0) is 43.9 Å². The first-order chi connectivity index (χ1) is 9.17. The molecule has 0 saturated carbocycles. The summed E-state index contributed by atoms with van der Waals surface area (Å²) in [5, 5.41) is 0. The maximum absolute atomic E-state index is 6.09. The molecule has 2 nitrogen and oxygen atoms in total. The van der Waals surface area contributed by atoms with Gasteiger partial charge < -0.3 is 9.47 Å². The highest BCUT2D eigenvalue weighted by Gasteiger charge is 2.20. The van der Waals surface area contributed by atoms with Crippen molar-refractivity contribution in [2.24, 2.45) is 0 Å². The second-order valence-electron chi connectivity index (χ2n) is 5.59. The van der Waals surface area contributed by atoms with E-state index in [1.807, 2.05) is 0 Å². The molecule has 1 aromatic carbocycles. The predicted molar refractivity (Wildman–Crippen MR) is 77.7 cm³/mol. The van der Waals surface area contributed by atoms with Crippen LogP contribution in [-0.2, 0) is 11.2 Å². The van der Waals surface area contributed by atoms with E-state index in [0.717, 1.165) is 31.6 Å². The van der Waals surface area contributed by atoms with Gasteiger partial charge in [0, 0.05) is 18.9 Å². The van der Waals surface area contributed by atoms with Gasteiger partial charge in [0.15, 0.2) is 0 Å². The molecular weight excluding hydrogens is 236 g/mol. The lowest BCUT2D eigenvalue weighted by atomic mass is 10.0. The van der Waals surface area contributed by atoms with Gasteiger partial charge in [-0.15, -0.1) is 0 Å². The van der Waals surface area contributed by atoms with E-state index in [4.69, 9.17) is 9.47 Å². The number of ether oxygens (including phenoxy) is 2. The molecule has 0 amide bonds. The summed E-state index contributed by atoms with van der Waals surface area (Å²) in [4.78, 5) is 0. The van der Waals surface area contributed by atoms with E-state index in [1.54, 1.807) is 0 Å². The van der Waals surface area contributed by atoms with Crippen LogP contribution < -0.4 is 4.74 Å². The molecule has 19 heavy (non-hydrogen) atoms. The highest BCUT2D eigenvalue weighted by Crippen LogP contribution is 2.23. The van der Waals surface area contributed by atoms with E-state index in [0.29, 0.717) is 6.10 Å². The molecule has 105 valence electrons. The molecule has 1 aromatic rings. The van der Waals surface area contributed by atoms with Crippen LogP contribution in [0.1, 0.15) is 50.7 Å². The van der Waals surface area contributed by atoms with Crippen LogP contribution >= 0.6 is 0 Å². The molecule has 0 bridgehead atoms. The molecule has 1 aliphatic heterocycles. The highest BCUT2D eigenvalue weighted by atomic mass is 16.5. The molecule has 2 atom stereocenters. The first-order valence-corrected chi connectivity index (χ1v) is 7.48. The zero-order valence-corrected chi connectivity index (χ0v) is 12.4. The van der Waals surface area contributed by atoms with Crippen LogP contribution in [0.25, 0.3) is 0 Å². The standard InChI is InChI=1S/C17H25O2/c1-4-5-6-15-9-13(2)10-17(12-15)19-16-7-8-18-14(3)11-16/h9,12,14,16H,4-8,11H2,1-3H3. The van der Waals surface area contributed by atoms with Gasteiger partial charge in [-0.2, -0.15) is 0 Å². The summed E-state index contributed by atoms with van der Waals surface area (Å²) in [7, 11) is 0. The van der Waals surface area contributed by atoms with Crippen molar-refractivity contribution >= 4 is 0 Å². The molecule has 2 rings (SSSR count). The molecule has 0 spiro atoms. The Kier molecular flexibility index (Phi) is 5.26. The van der Waals surface area contributed by atoms with Crippen molar-refractivity contribution in [2.75, 3.05) is 6.61 Å². The molecule has 1 aliphatic rings. The zero-order chi connectivity index (χ0) is 13.7. The summed E-state index contributed by atoms with van der Waals surface area (Å²) < 4.78 is 11.6. The SMILES string of the molecule is CCCCc1cc(C)[c]c(OC2CCOC(C)C2)c1. The Hall–Kier alpha value is -1.02. The van der Waals surface area contributed by atoms with Gasteiger partial charge >= 0.3 is 0 Å². The maximum Gasteiger partial charge on any atom is 0.128 e. The topological polar surface area (TPSA) is 18.5 Å². The summed E-state index contributed by atoms with van der Waals surface area (Å²) in [6.07, 6.45) is 6.14. The van der Waals surface area contributed by atoms with E-state index >= 15 is 0 Å². The normalized spacial score (nSPS) is 23.3. The average Bonchev–Trinajstić information content (AvgIpc) is 2.35. The van der Waals surface area contributed by atoms with Crippen molar-refractivity contribution in [1.29, 1.82) is 0 Å². The molecule has 0 aliphatic carbocycles. The fraction of sp³-hybridized carbons (Fsp3) is 0.647. The monoisotopic (exact) mass is 261 g/mol. The summed E-state index contributed by atoms with van der Waals surface area (Å²) in [5.74, 6) is 0.908. The van der Waals surface area contributed by atoms with Gasteiger partial charge in [-0.25, -0.2) is 0 Å². The Morgan fingerprint density at radius 2 is 2.26 bits per heavy atom. The minimum absolute atomic E-state index is 0.279. The fourth-order valence-electron chi connectivity index (χ4n) is 2.59. The van der Waals surface area contributed by atoms with Gasteiger partial charge in [-0.1, -0.05) is 19.4 Å². The molecule has 2 unspecified atom stereocenters. The lowest BCUT2D eigenvalue weighted by Gasteiger charge is -2.28. The number of hydrogen-bond acceptors (Lipinski definition) is 2. The molecule has 0 aromatic heterocycles. The predicted octanol–water partition coefficient (Wildman–Crippen LogP) is 4.08. The van der Waals surface area contributed by atoms with E-state index in [-0.39, 0.29) is 6.10 Å². The second-order valence-corrected chi connectivity index (χ2v) is 5.59. The number of rotatable bonds is 5. The van der Waals surface area contributed by atoms with Crippen LogP contribution in [0.3, 0.4) is 0 Å². The summed E-state index contributed by atoms with van der Waals surface area (Å²) in [6, 6.07) is 7.70. The quantitative estimate of drug-likeness (QED) is 0.795. The first kappa shape index (κ1) is 14.4. The molecule has 1 saturated heterocycles. The van der Waals surface area contributed by atoms with E-state index in [9.17, 15) is 0 Å². The minimum atomic E-state index is 0.279. The van der Waals surface area contributed by atoms with Gasteiger partial charge in [0.1, 0.15) is 11.9 Å². The van der Waals surface area contributed by atoms with Crippen LogP contribution in [0.4, 0.5) is 0 Å². The second kappa shape index (κ2) is 6.95. The zero-order valence-electron chi connectivity index (χ0n) is 12.4. The smallest absolute Gasteiger partial charge is 0.128 e. The lowest BCUT2D eigenvalue weighted by molar-refractivity contribution is -0.0252. The molecule has 2 heteroatoms. The minimum Gasteiger partial charge on any atom is -0.490 e. The summed E-state index contributed by atoms with van der Waals surface area (Å²) in [6.45, 7) is 7.24. The van der Waals surface area contributed by atoms with Crippen molar-refractivity contribution in [3.63, 3.8) is 0 Å². The van der Waals surface area contributed by atoms with Crippen LogP contribution in [0.2, 0.25) is 0 Å². The lowest BCUT2D eigenvalue weighted by Crippen LogP contribution is -2.31. The molecule has 0 N–H and O–H groups in total. The summed E-state index contributed by atoms with van der Waals surface area (Å²) in [5.41, 5.74) is 2.54. The fourth-order valence-corrected chi connectivity index (χ4v) is 2.59. The highest BCUT2D eigenvalue weighted by molar-refractivity contribution is 5.32. The van der Waals surface area contributed by atoms with Crippen LogP contribution in [0.5, 0.6) is 5.75 Å². The largest absolute Gasteiger partial charge is 0.490 e. The van der Waals surface area contributed by atoms with Crippen LogP contribution in [-0.4, -0.2) is 18.8 Å². The molecule has 1 heterocycles. The average molecular weight is 261 g/mol. The number of benzene rings is 1. The van der Waals surface area contributed by atoms with Gasteiger partial charge in [0.25, 0.3) is 0 Å². The number of unbranched alkanes of at least 4 members (excludes halogenated alkanes) is 1.